The van der Waals surface area contributed by atoms with Gasteiger partial charge in [-0.1, -0.05) is 0 Å². The van der Waals surface area contributed by atoms with Gasteiger partial charge in [0.15, 0.2) is 0 Å². The Balaban J connectivity index is 1.64. The number of likely N-dealkylation sites (tertiary alicyclic amines) is 1. The summed E-state index contributed by atoms with van der Waals surface area (Å²) in [7, 11) is 0. The van der Waals surface area contributed by atoms with Gasteiger partial charge >= 0.3 is 0 Å². The summed E-state index contributed by atoms with van der Waals surface area (Å²) in [6.07, 6.45) is 3.74. The summed E-state index contributed by atoms with van der Waals surface area (Å²) in [4.78, 5) is 13.0. The first-order valence-corrected chi connectivity index (χ1v) is 7.47. The molecule has 1 saturated heterocycles. The zero-order valence-electron chi connectivity index (χ0n) is 12.1. The summed E-state index contributed by atoms with van der Waals surface area (Å²) in [5, 5.41) is 14.2. The van der Waals surface area contributed by atoms with Crippen molar-refractivity contribution in [3.8, 4) is 0 Å². The van der Waals surface area contributed by atoms with E-state index < -0.39 is 10.7 Å². The molecule has 2 aliphatic rings. The van der Waals surface area contributed by atoms with E-state index in [0.717, 1.165) is 31.6 Å². The Labute approximate surface area is 123 Å². The molecule has 1 unspecified atom stereocenters. The molecule has 114 valence electrons. The fourth-order valence-electron chi connectivity index (χ4n) is 3.02. The minimum atomic E-state index is -0.534. The first-order valence-electron chi connectivity index (χ1n) is 7.47. The lowest BCUT2D eigenvalue weighted by Gasteiger charge is -2.16. The maximum Gasteiger partial charge on any atom is 0.295 e. The number of halogens is 1. The molecule has 6 heteroatoms. The normalized spacial score (nSPS) is 22.5. The molecule has 0 bridgehead atoms. The molecule has 1 N–H and O–H groups in total. The van der Waals surface area contributed by atoms with Crippen LogP contribution in [-0.2, 0) is 0 Å². The Kier molecular flexibility index (Phi) is 3.80. The molecule has 1 atom stereocenters. The molecule has 0 amide bonds. The van der Waals surface area contributed by atoms with Gasteiger partial charge in [-0.25, -0.2) is 4.39 Å². The fraction of sp³-hybridized carbons (Fsp3) is 0.600. The largest absolute Gasteiger partial charge is 0.379 e. The van der Waals surface area contributed by atoms with Gasteiger partial charge in [0.2, 0.25) is 0 Å². The Morgan fingerprint density at radius 2 is 2.19 bits per heavy atom. The van der Waals surface area contributed by atoms with E-state index in [-0.39, 0.29) is 5.69 Å². The average molecular weight is 293 g/mol. The number of rotatable bonds is 5. The quantitative estimate of drug-likeness (QED) is 0.670. The standard InChI is InChI=1S/C15H20FN3O2/c1-10-6-14(15(19(20)21)7-13(10)16)17-8-11-4-5-18(9-11)12-2-3-12/h6-7,11-12,17H,2-5,8-9H2,1H3. The highest BCUT2D eigenvalue weighted by atomic mass is 19.1. The van der Waals surface area contributed by atoms with Crippen LogP contribution in [0.4, 0.5) is 15.8 Å². The second-order valence-corrected chi connectivity index (χ2v) is 6.14. The maximum atomic E-state index is 13.5. The molecule has 1 aliphatic heterocycles. The highest BCUT2D eigenvalue weighted by Crippen LogP contribution is 2.32. The number of benzene rings is 1. The predicted molar refractivity (Wildman–Crippen MR) is 79.0 cm³/mol. The minimum Gasteiger partial charge on any atom is -0.379 e. The molecule has 1 aromatic rings. The summed E-state index contributed by atoms with van der Waals surface area (Å²) in [6, 6.07) is 3.31. The van der Waals surface area contributed by atoms with Crippen LogP contribution in [0, 0.1) is 28.8 Å². The third-order valence-electron chi connectivity index (χ3n) is 4.44. The monoisotopic (exact) mass is 293 g/mol. The number of nitro benzene ring substituents is 1. The van der Waals surface area contributed by atoms with E-state index in [1.54, 1.807) is 6.92 Å². The van der Waals surface area contributed by atoms with E-state index in [0.29, 0.717) is 23.7 Å². The van der Waals surface area contributed by atoms with Gasteiger partial charge in [-0.15, -0.1) is 0 Å². The zero-order chi connectivity index (χ0) is 15.0. The van der Waals surface area contributed by atoms with Crippen molar-refractivity contribution in [3.05, 3.63) is 33.6 Å². The van der Waals surface area contributed by atoms with Gasteiger partial charge in [-0.05, 0) is 50.3 Å². The zero-order valence-corrected chi connectivity index (χ0v) is 12.1. The topological polar surface area (TPSA) is 58.4 Å². The summed E-state index contributed by atoms with van der Waals surface area (Å²) < 4.78 is 13.5. The van der Waals surface area contributed by atoms with Gasteiger partial charge < -0.3 is 10.2 Å². The number of hydrogen-bond acceptors (Lipinski definition) is 4. The predicted octanol–water partition coefficient (Wildman–Crippen LogP) is 2.94. The smallest absolute Gasteiger partial charge is 0.295 e. The van der Waals surface area contributed by atoms with Gasteiger partial charge in [-0.2, -0.15) is 0 Å². The van der Waals surface area contributed by atoms with E-state index in [4.69, 9.17) is 0 Å². The fourth-order valence-corrected chi connectivity index (χ4v) is 3.02. The second-order valence-electron chi connectivity index (χ2n) is 6.14. The highest BCUT2D eigenvalue weighted by molar-refractivity contribution is 5.63. The first-order chi connectivity index (χ1) is 10.0. The van der Waals surface area contributed by atoms with E-state index in [1.807, 2.05) is 0 Å². The van der Waals surface area contributed by atoms with Crippen molar-refractivity contribution in [1.82, 2.24) is 4.90 Å². The molecule has 0 radical (unpaired) electrons. The van der Waals surface area contributed by atoms with Crippen LogP contribution in [0.5, 0.6) is 0 Å². The van der Waals surface area contributed by atoms with Crippen LogP contribution in [0.2, 0.25) is 0 Å². The number of hydrogen-bond donors (Lipinski definition) is 1. The van der Waals surface area contributed by atoms with Crippen molar-refractivity contribution < 1.29 is 9.31 Å². The molecule has 3 rings (SSSR count). The van der Waals surface area contributed by atoms with Crippen LogP contribution < -0.4 is 5.32 Å². The lowest BCUT2D eigenvalue weighted by molar-refractivity contribution is -0.384. The summed E-state index contributed by atoms with van der Waals surface area (Å²) in [6.45, 7) is 4.51. The lowest BCUT2D eigenvalue weighted by Crippen LogP contribution is -2.24. The van der Waals surface area contributed by atoms with E-state index >= 15 is 0 Å². The number of nitrogens with one attached hydrogen (secondary N) is 1. The molecular weight excluding hydrogens is 273 g/mol. The Hall–Kier alpha value is -1.69. The molecule has 1 heterocycles. The molecule has 0 spiro atoms. The van der Waals surface area contributed by atoms with Crippen LogP contribution >= 0.6 is 0 Å². The summed E-state index contributed by atoms with van der Waals surface area (Å²) in [5.41, 5.74) is 0.660. The van der Waals surface area contributed by atoms with Crippen molar-refractivity contribution in [3.63, 3.8) is 0 Å². The Morgan fingerprint density at radius 1 is 1.43 bits per heavy atom. The van der Waals surface area contributed by atoms with Crippen molar-refractivity contribution >= 4 is 11.4 Å². The first kappa shape index (κ1) is 14.3. The number of aryl methyl sites for hydroxylation is 1. The van der Waals surface area contributed by atoms with Crippen molar-refractivity contribution in [2.75, 3.05) is 25.0 Å². The minimum absolute atomic E-state index is 0.185. The molecular formula is C15H20FN3O2. The molecule has 2 fully saturated rings. The van der Waals surface area contributed by atoms with Crippen LogP contribution in [0.15, 0.2) is 12.1 Å². The number of anilines is 1. The number of nitrogens with zero attached hydrogens (tertiary/aromatic N) is 2. The van der Waals surface area contributed by atoms with Crippen LogP contribution in [0.25, 0.3) is 0 Å². The molecule has 21 heavy (non-hydrogen) atoms. The molecule has 1 saturated carbocycles. The van der Waals surface area contributed by atoms with Crippen molar-refractivity contribution in [2.24, 2.45) is 5.92 Å². The van der Waals surface area contributed by atoms with E-state index in [9.17, 15) is 14.5 Å². The van der Waals surface area contributed by atoms with E-state index in [2.05, 4.69) is 10.2 Å². The van der Waals surface area contributed by atoms with Crippen LogP contribution in [-0.4, -0.2) is 35.5 Å². The van der Waals surface area contributed by atoms with Crippen molar-refractivity contribution in [2.45, 2.75) is 32.2 Å². The van der Waals surface area contributed by atoms with Gasteiger partial charge in [0.05, 0.1) is 11.0 Å². The lowest BCUT2D eigenvalue weighted by atomic mass is 10.1. The molecule has 5 nitrogen and oxygen atoms in total. The summed E-state index contributed by atoms with van der Waals surface area (Å²) >= 11 is 0. The molecule has 0 aromatic heterocycles. The van der Waals surface area contributed by atoms with Crippen LogP contribution in [0.3, 0.4) is 0 Å². The summed E-state index contributed by atoms with van der Waals surface area (Å²) in [5.74, 6) is -0.0245. The van der Waals surface area contributed by atoms with Gasteiger partial charge in [0.1, 0.15) is 11.5 Å². The van der Waals surface area contributed by atoms with Gasteiger partial charge in [-0.3, -0.25) is 10.1 Å². The number of nitro groups is 1. The average Bonchev–Trinajstić information content (AvgIpc) is 3.19. The third-order valence-corrected chi connectivity index (χ3v) is 4.44. The molecule has 1 aromatic carbocycles. The Morgan fingerprint density at radius 3 is 2.86 bits per heavy atom. The second kappa shape index (κ2) is 5.60. The van der Waals surface area contributed by atoms with Gasteiger partial charge in [0.25, 0.3) is 5.69 Å². The van der Waals surface area contributed by atoms with Crippen molar-refractivity contribution in [1.29, 1.82) is 0 Å². The third kappa shape index (κ3) is 3.15. The highest BCUT2D eigenvalue weighted by Gasteiger charge is 2.34. The SMILES string of the molecule is Cc1cc(NCC2CCN(C3CC3)C2)c([N+](=O)[O-])cc1F. The maximum absolute atomic E-state index is 13.5. The van der Waals surface area contributed by atoms with Crippen LogP contribution in [0.1, 0.15) is 24.8 Å². The van der Waals surface area contributed by atoms with Gasteiger partial charge in [0, 0.05) is 19.1 Å². The molecule has 1 aliphatic carbocycles. The Bertz CT molecular complexity index is 560. The van der Waals surface area contributed by atoms with E-state index in [1.165, 1.54) is 18.9 Å².